The maximum Gasteiger partial charge on any atom is 0.265 e. The number of fused-ring (bicyclic) bond motifs is 1. The molecule has 4 aromatic rings. The highest BCUT2D eigenvalue weighted by Crippen LogP contribution is 2.33. The molecule has 27 heavy (non-hydrogen) atoms. The van der Waals surface area contributed by atoms with E-state index in [1.165, 1.54) is 11.3 Å². The number of methoxy groups -OCH3 is 1. The quantitative estimate of drug-likeness (QED) is 0.498. The molecule has 0 aliphatic rings. The summed E-state index contributed by atoms with van der Waals surface area (Å²) >= 11 is 1.33. The van der Waals surface area contributed by atoms with E-state index in [0.717, 1.165) is 0 Å². The fraction of sp³-hybridized carbons (Fsp3) is 0.0476. The molecule has 134 valence electrons. The number of carbonyl (C=O) groups excluding carboxylic acids is 2. The molecule has 0 atom stereocenters. The number of benzene rings is 2. The Labute approximate surface area is 159 Å². The van der Waals surface area contributed by atoms with Crippen LogP contribution in [0.25, 0.3) is 11.0 Å². The first-order valence-corrected chi connectivity index (χ1v) is 9.10. The topological polar surface area (TPSA) is 68.5 Å². The first-order valence-electron chi connectivity index (χ1n) is 8.22. The van der Waals surface area contributed by atoms with Crippen LogP contribution >= 0.6 is 11.3 Å². The molecule has 1 amide bonds. The normalized spacial score (nSPS) is 10.7. The standard InChI is InChI=1S/C21H15NO4S/c1-25-14-10-8-13(9-11-14)19(23)20-18(15-5-2-3-6-16(15)26-20)22-21(24)17-7-4-12-27-17/h2-12H,1H3,(H,22,24). The van der Waals surface area contributed by atoms with Crippen LogP contribution in [0.1, 0.15) is 25.8 Å². The van der Waals surface area contributed by atoms with Gasteiger partial charge >= 0.3 is 0 Å². The average molecular weight is 377 g/mol. The van der Waals surface area contributed by atoms with Crippen molar-refractivity contribution in [1.82, 2.24) is 0 Å². The first-order chi connectivity index (χ1) is 13.2. The van der Waals surface area contributed by atoms with Gasteiger partial charge in [-0.1, -0.05) is 18.2 Å². The SMILES string of the molecule is COc1ccc(C(=O)c2oc3ccccc3c2NC(=O)c2cccs2)cc1. The number of furan rings is 1. The van der Waals surface area contributed by atoms with E-state index in [2.05, 4.69) is 5.32 Å². The Hall–Kier alpha value is -3.38. The van der Waals surface area contributed by atoms with E-state index in [1.807, 2.05) is 23.6 Å². The number of ketones is 1. The minimum Gasteiger partial charge on any atom is -0.497 e. The number of rotatable bonds is 5. The van der Waals surface area contributed by atoms with Crippen molar-refractivity contribution in [3.8, 4) is 5.75 Å². The van der Waals surface area contributed by atoms with Crippen molar-refractivity contribution in [3.63, 3.8) is 0 Å². The summed E-state index contributed by atoms with van der Waals surface area (Å²) in [5, 5.41) is 5.35. The Balaban J connectivity index is 1.77. The molecule has 0 aliphatic heterocycles. The number of thiophene rings is 1. The number of ether oxygens (including phenoxy) is 1. The molecule has 6 heteroatoms. The van der Waals surface area contributed by atoms with Crippen LogP contribution in [-0.2, 0) is 0 Å². The lowest BCUT2D eigenvalue weighted by molar-refractivity contribution is 0.101. The van der Waals surface area contributed by atoms with Crippen molar-refractivity contribution < 1.29 is 18.7 Å². The molecule has 1 N–H and O–H groups in total. The summed E-state index contributed by atoms with van der Waals surface area (Å²) in [5.41, 5.74) is 1.36. The second-order valence-corrected chi connectivity index (χ2v) is 6.74. The zero-order valence-electron chi connectivity index (χ0n) is 14.4. The van der Waals surface area contributed by atoms with Crippen LogP contribution in [0.4, 0.5) is 5.69 Å². The Morgan fingerprint density at radius 1 is 1.00 bits per heavy atom. The maximum atomic E-state index is 13.0. The molecule has 4 rings (SSSR count). The highest BCUT2D eigenvalue weighted by Gasteiger charge is 2.24. The molecule has 0 bridgehead atoms. The number of para-hydroxylation sites is 1. The van der Waals surface area contributed by atoms with E-state index in [9.17, 15) is 9.59 Å². The third kappa shape index (κ3) is 3.22. The van der Waals surface area contributed by atoms with Crippen LogP contribution in [0.2, 0.25) is 0 Å². The van der Waals surface area contributed by atoms with Crippen molar-refractivity contribution in [2.45, 2.75) is 0 Å². The number of anilines is 1. The largest absolute Gasteiger partial charge is 0.497 e. The maximum absolute atomic E-state index is 13.0. The van der Waals surface area contributed by atoms with Gasteiger partial charge < -0.3 is 14.5 Å². The Morgan fingerprint density at radius 3 is 2.48 bits per heavy atom. The zero-order valence-corrected chi connectivity index (χ0v) is 15.2. The van der Waals surface area contributed by atoms with Gasteiger partial charge in [0.15, 0.2) is 5.76 Å². The van der Waals surface area contributed by atoms with Crippen LogP contribution < -0.4 is 10.1 Å². The van der Waals surface area contributed by atoms with Gasteiger partial charge in [0.25, 0.3) is 5.91 Å². The lowest BCUT2D eigenvalue weighted by Crippen LogP contribution is -2.13. The van der Waals surface area contributed by atoms with Gasteiger partial charge in [-0.2, -0.15) is 0 Å². The second-order valence-electron chi connectivity index (χ2n) is 5.79. The van der Waals surface area contributed by atoms with Crippen LogP contribution in [-0.4, -0.2) is 18.8 Å². The van der Waals surface area contributed by atoms with Gasteiger partial charge in [0, 0.05) is 10.9 Å². The third-order valence-corrected chi connectivity index (χ3v) is 5.01. The van der Waals surface area contributed by atoms with E-state index in [-0.39, 0.29) is 17.5 Å². The molecule has 0 aliphatic carbocycles. The minimum absolute atomic E-state index is 0.103. The molecule has 2 heterocycles. The summed E-state index contributed by atoms with van der Waals surface area (Å²) in [7, 11) is 1.56. The first kappa shape index (κ1) is 17.1. The van der Waals surface area contributed by atoms with Gasteiger partial charge in [-0.25, -0.2) is 0 Å². The van der Waals surface area contributed by atoms with Gasteiger partial charge in [-0.3, -0.25) is 9.59 Å². The van der Waals surface area contributed by atoms with Crippen molar-refractivity contribution in [1.29, 1.82) is 0 Å². The molecular formula is C21H15NO4S. The van der Waals surface area contributed by atoms with Crippen LogP contribution in [0, 0.1) is 0 Å². The molecule has 0 radical (unpaired) electrons. The molecule has 0 fully saturated rings. The Bertz CT molecular complexity index is 1110. The Kier molecular flexibility index (Phi) is 4.48. The fourth-order valence-corrected chi connectivity index (χ4v) is 3.40. The molecular weight excluding hydrogens is 362 g/mol. The number of hydrogen-bond donors (Lipinski definition) is 1. The van der Waals surface area contributed by atoms with Crippen molar-refractivity contribution in [3.05, 3.63) is 82.2 Å². The van der Waals surface area contributed by atoms with Crippen molar-refractivity contribution in [2.24, 2.45) is 0 Å². The van der Waals surface area contributed by atoms with Gasteiger partial charge in [-0.05, 0) is 47.8 Å². The third-order valence-electron chi connectivity index (χ3n) is 4.14. The van der Waals surface area contributed by atoms with Crippen LogP contribution in [0.5, 0.6) is 5.75 Å². The van der Waals surface area contributed by atoms with Crippen LogP contribution in [0.15, 0.2) is 70.5 Å². The monoisotopic (exact) mass is 377 g/mol. The molecule has 0 spiro atoms. The number of amides is 1. The summed E-state index contributed by atoms with van der Waals surface area (Å²) in [4.78, 5) is 26.1. The summed E-state index contributed by atoms with van der Waals surface area (Å²) in [6.07, 6.45) is 0. The highest BCUT2D eigenvalue weighted by atomic mass is 32.1. The van der Waals surface area contributed by atoms with E-state index < -0.39 is 0 Å². The molecule has 2 aromatic heterocycles. The van der Waals surface area contributed by atoms with E-state index in [4.69, 9.17) is 9.15 Å². The van der Waals surface area contributed by atoms with Crippen molar-refractivity contribution >= 4 is 39.7 Å². The van der Waals surface area contributed by atoms with Gasteiger partial charge in [0.1, 0.15) is 11.3 Å². The van der Waals surface area contributed by atoms with Gasteiger partial charge in [0.2, 0.25) is 5.78 Å². The molecule has 0 unspecified atom stereocenters. The molecule has 2 aromatic carbocycles. The lowest BCUT2D eigenvalue weighted by atomic mass is 10.1. The average Bonchev–Trinajstić information content (AvgIpc) is 3.36. The fourth-order valence-electron chi connectivity index (χ4n) is 2.79. The van der Waals surface area contributed by atoms with Gasteiger partial charge in [-0.15, -0.1) is 11.3 Å². The molecule has 5 nitrogen and oxygen atoms in total. The van der Waals surface area contributed by atoms with E-state index >= 15 is 0 Å². The number of nitrogens with one attached hydrogen (secondary N) is 1. The summed E-state index contributed by atoms with van der Waals surface area (Å²) in [6.45, 7) is 0. The molecule has 0 saturated heterocycles. The number of hydrogen-bond acceptors (Lipinski definition) is 5. The van der Waals surface area contributed by atoms with E-state index in [1.54, 1.807) is 49.6 Å². The van der Waals surface area contributed by atoms with Crippen LogP contribution in [0.3, 0.4) is 0 Å². The summed E-state index contributed by atoms with van der Waals surface area (Å²) in [5.74, 6) is 0.171. The highest BCUT2D eigenvalue weighted by molar-refractivity contribution is 7.12. The Morgan fingerprint density at radius 2 is 1.78 bits per heavy atom. The molecule has 0 saturated carbocycles. The van der Waals surface area contributed by atoms with Gasteiger partial charge in [0.05, 0.1) is 17.7 Å². The second kappa shape index (κ2) is 7.09. The lowest BCUT2D eigenvalue weighted by Gasteiger charge is -2.05. The summed E-state index contributed by atoms with van der Waals surface area (Å²) < 4.78 is 10.9. The predicted molar refractivity (Wildman–Crippen MR) is 105 cm³/mol. The zero-order chi connectivity index (χ0) is 18.8. The number of carbonyl (C=O) groups is 2. The van der Waals surface area contributed by atoms with E-state index in [0.29, 0.717) is 32.8 Å². The summed E-state index contributed by atoms with van der Waals surface area (Å²) in [6, 6.07) is 17.5. The predicted octanol–water partition coefficient (Wildman–Crippen LogP) is 4.99. The minimum atomic E-state index is -0.310. The van der Waals surface area contributed by atoms with Crippen molar-refractivity contribution in [2.75, 3.05) is 12.4 Å². The smallest absolute Gasteiger partial charge is 0.265 e.